The molecule has 0 saturated carbocycles. The molecule has 0 aliphatic heterocycles. The van der Waals surface area contributed by atoms with Crippen LogP contribution in [0.15, 0.2) is 0 Å². The third-order valence-electron chi connectivity index (χ3n) is 4.78. The van der Waals surface area contributed by atoms with E-state index in [1.54, 1.807) is 0 Å². The molecule has 134 valence electrons. The van der Waals surface area contributed by atoms with E-state index in [1.807, 2.05) is 0 Å². The van der Waals surface area contributed by atoms with Gasteiger partial charge < -0.3 is 5.11 Å². The molecule has 1 atom stereocenters. The fraction of sp³-hybridized carbons (Fsp3) is 1.00. The fourth-order valence-electron chi connectivity index (χ4n) is 3.17. The smallest absolute Gasteiger partial charge is 0.0540 e. The molecule has 0 fully saturated rings. The molecule has 0 aliphatic rings. The maximum absolute atomic E-state index is 9.98. The second kappa shape index (κ2) is 19.0. The van der Waals surface area contributed by atoms with Crippen LogP contribution in [0.3, 0.4) is 0 Å². The quantitative estimate of drug-likeness (QED) is 0.261. The van der Waals surface area contributed by atoms with Gasteiger partial charge in [-0.25, -0.2) is 0 Å². The van der Waals surface area contributed by atoms with Crippen LogP contribution in [0, 0.1) is 0 Å². The summed E-state index contributed by atoms with van der Waals surface area (Å²) in [5, 5.41) is 9.98. The fourth-order valence-corrected chi connectivity index (χ4v) is 3.17. The minimum absolute atomic E-state index is 0.0276. The van der Waals surface area contributed by atoms with Crippen LogP contribution in [0.1, 0.15) is 129 Å². The standard InChI is InChI=1S/C21H44O/c1-3-5-7-9-11-12-13-14-16-18-20-21(22)19-17-15-10-8-6-4-2/h21-22H,3-20H2,1-2H3. The van der Waals surface area contributed by atoms with Gasteiger partial charge in [0, 0.05) is 0 Å². The van der Waals surface area contributed by atoms with Crippen LogP contribution in [0.2, 0.25) is 0 Å². The van der Waals surface area contributed by atoms with E-state index in [2.05, 4.69) is 13.8 Å². The molecule has 1 nitrogen and oxygen atoms in total. The number of aliphatic hydroxyl groups is 1. The van der Waals surface area contributed by atoms with Crippen molar-refractivity contribution < 1.29 is 5.11 Å². The van der Waals surface area contributed by atoms with Crippen molar-refractivity contribution in [3.8, 4) is 0 Å². The van der Waals surface area contributed by atoms with Crippen LogP contribution in [0.25, 0.3) is 0 Å². The van der Waals surface area contributed by atoms with E-state index >= 15 is 0 Å². The molecule has 0 aromatic heterocycles. The average molecular weight is 313 g/mol. The van der Waals surface area contributed by atoms with Crippen molar-refractivity contribution in [2.24, 2.45) is 0 Å². The zero-order valence-corrected chi connectivity index (χ0v) is 15.8. The van der Waals surface area contributed by atoms with Gasteiger partial charge in [0.15, 0.2) is 0 Å². The summed E-state index contributed by atoms with van der Waals surface area (Å²) in [7, 11) is 0. The average Bonchev–Trinajstić information content (AvgIpc) is 2.52. The van der Waals surface area contributed by atoms with Crippen LogP contribution < -0.4 is 0 Å². The van der Waals surface area contributed by atoms with Gasteiger partial charge in [-0.3, -0.25) is 0 Å². The molecule has 0 amide bonds. The van der Waals surface area contributed by atoms with Gasteiger partial charge in [0.1, 0.15) is 0 Å². The summed E-state index contributed by atoms with van der Waals surface area (Å²) in [6.07, 6.45) is 23.8. The second-order valence-corrected chi connectivity index (χ2v) is 7.18. The lowest BCUT2D eigenvalue weighted by atomic mass is 10.0. The summed E-state index contributed by atoms with van der Waals surface area (Å²) in [5.74, 6) is 0. The SMILES string of the molecule is CCCCCCCCCCCCC(O)CCCCCCCC. The summed E-state index contributed by atoms with van der Waals surface area (Å²) in [6, 6.07) is 0. The summed E-state index contributed by atoms with van der Waals surface area (Å²) < 4.78 is 0. The Hall–Kier alpha value is -0.0400. The first-order valence-corrected chi connectivity index (χ1v) is 10.5. The zero-order valence-electron chi connectivity index (χ0n) is 15.8. The molecule has 1 N–H and O–H groups in total. The summed E-state index contributed by atoms with van der Waals surface area (Å²) in [4.78, 5) is 0. The molecule has 0 aromatic rings. The Bertz CT molecular complexity index is 190. The van der Waals surface area contributed by atoms with Gasteiger partial charge in [-0.05, 0) is 12.8 Å². The predicted octanol–water partition coefficient (Wildman–Crippen LogP) is 7.41. The van der Waals surface area contributed by atoms with Crippen LogP contribution in [-0.2, 0) is 0 Å². The first-order valence-electron chi connectivity index (χ1n) is 10.5. The summed E-state index contributed by atoms with van der Waals surface area (Å²) >= 11 is 0. The monoisotopic (exact) mass is 312 g/mol. The molecule has 1 unspecified atom stereocenters. The maximum Gasteiger partial charge on any atom is 0.0540 e. The van der Waals surface area contributed by atoms with Crippen molar-refractivity contribution in [3.63, 3.8) is 0 Å². The lowest BCUT2D eigenvalue weighted by Gasteiger charge is -2.10. The highest BCUT2D eigenvalue weighted by atomic mass is 16.3. The number of rotatable bonds is 18. The van der Waals surface area contributed by atoms with E-state index in [1.165, 1.54) is 103 Å². The highest BCUT2D eigenvalue weighted by molar-refractivity contribution is 4.57. The molecule has 0 aromatic carbocycles. The third kappa shape index (κ3) is 18.0. The molecule has 0 bridgehead atoms. The normalized spacial score (nSPS) is 12.7. The first-order chi connectivity index (χ1) is 10.8. The van der Waals surface area contributed by atoms with Crippen molar-refractivity contribution in [1.29, 1.82) is 0 Å². The van der Waals surface area contributed by atoms with Crippen molar-refractivity contribution in [2.45, 2.75) is 136 Å². The van der Waals surface area contributed by atoms with Gasteiger partial charge in [-0.1, -0.05) is 117 Å². The third-order valence-corrected chi connectivity index (χ3v) is 4.78. The largest absolute Gasteiger partial charge is 0.393 e. The Kier molecular flexibility index (Phi) is 19.0. The van der Waals surface area contributed by atoms with Crippen molar-refractivity contribution in [3.05, 3.63) is 0 Å². The molecule has 0 rings (SSSR count). The minimum atomic E-state index is -0.0276. The molecular formula is C21H44O. The van der Waals surface area contributed by atoms with Crippen molar-refractivity contribution in [2.75, 3.05) is 0 Å². The zero-order chi connectivity index (χ0) is 16.3. The summed E-state index contributed by atoms with van der Waals surface area (Å²) in [6.45, 7) is 4.54. The second-order valence-electron chi connectivity index (χ2n) is 7.18. The number of hydrogen-bond acceptors (Lipinski definition) is 1. The molecule has 0 spiro atoms. The Morgan fingerprint density at radius 1 is 0.455 bits per heavy atom. The van der Waals surface area contributed by atoms with Gasteiger partial charge >= 0.3 is 0 Å². The molecule has 0 saturated heterocycles. The Balaban J connectivity index is 3.10. The number of unbranched alkanes of at least 4 members (excludes halogenated alkanes) is 14. The lowest BCUT2D eigenvalue weighted by Crippen LogP contribution is -2.05. The van der Waals surface area contributed by atoms with Gasteiger partial charge in [-0.15, -0.1) is 0 Å². The Morgan fingerprint density at radius 2 is 0.727 bits per heavy atom. The molecule has 22 heavy (non-hydrogen) atoms. The van der Waals surface area contributed by atoms with Gasteiger partial charge in [0.2, 0.25) is 0 Å². The summed E-state index contributed by atoms with van der Waals surface area (Å²) in [5.41, 5.74) is 0. The first kappa shape index (κ1) is 22.0. The van der Waals surface area contributed by atoms with Gasteiger partial charge in [-0.2, -0.15) is 0 Å². The van der Waals surface area contributed by atoms with Crippen molar-refractivity contribution in [1.82, 2.24) is 0 Å². The Labute approximate surface area is 141 Å². The molecule has 0 aliphatic carbocycles. The van der Waals surface area contributed by atoms with E-state index < -0.39 is 0 Å². The number of aliphatic hydroxyl groups excluding tert-OH is 1. The van der Waals surface area contributed by atoms with Crippen LogP contribution >= 0.6 is 0 Å². The van der Waals surface area contributed by atoms with E-state index in [4.69, 9.17) is 0 Å². The van der Waals surface area contributed by atoms with Crippen LogP contribution in [-0.4, -0.2) is 11.2 Å². The molecule has 0 radical (unpaired) electrons. The van der Waals surface area contributed by atoms with Crippen LogP contribution in [0.4, 0.5) is 0 Å². The lowest BCUT2D eigenvalue weighted by molar-refractivity contribution is 0.147. The van der Waals surface area contributed by atoms with Gasteiger partial charge in [0.25, 0.3) is 0 Å². The van der Waals surface area contributed by atoms with E-state index in [9.17, 15) is 5.11 Å². The topological polar surface area (TPSA) is 20.2 Å². The highest BCUT2D eigenvalue weighted by Gasteiger charge is 2.03. The van der Waals surface area contributed by atoms with E-state index in [0.717, 1.165) is 12.8 Å². The van der Waals surface area contributed by atoms with E-state index in [0.29, 0.717) is 0 Å². The number of hydrogen-bond donors (Lipinski definition) is 1. The van der Waals surface area contributed by atoms with Crippen molar-refractivity contribution >= 4 is 0 Å². The predicted molar refractivity (Wildman–Crippen MR) is 100 cm³/mol. The maximum atomic E-state index is 9.98. The molecular weight excluding hydrogens is 268 g/mol. The molecule has 0 heterocycles. The highest BCUT2D eigenvalue weighted by Crippen LogP contribution is 2.15. The Morgan fingerprint density at radius 3 is 1.05 bits per heavy atom. The van der Waals surface area contributed by atoms with Gasteiger partial charge in [0.05, 0.1) is 6.10 Å². The minimum Gasteiger partial charge on any atom is -0.393 e. The van der Waals surface area contributed by atoms with E-state index in [-0.39, 0.29) is 6.10 Å². The van der Waals surface area contributed by atoms with Crippen LogP contribution in [0.5, 0.6) is 0 Å². The molecule has 1 heteroatoms.